The van der Waals surface area contributed by atoms with E-state index in [9.17, 15) is 4.79 Å². The highest BCUT2D eigenvalue weighted by atomic mass is 79.9. The molecule has 0 aliphatic heterocycles. The van der Waals surface area contributed by atoms with Crippen LogP contribution in [0.25, 0.3) is 0 Å². The van der Waals surface area contributed by atoms with Gasteiger partial charge in [-0.25, -0.2) is 4.68 Å². The van der Waals surface area contributed by atoms with Crippen LogP contribution in [-0.4, -0.2) is 9.78 Å². The minimum atomic E-state index is -0.0458. The summed E-state index contributed by atoms with van der Waals surface area (Å²) < 4.78 is 2.21. The largest absolute Gasteiger partial charge is 0.298 e. The third-order valence-electron chi connectivity index (χ3n) is 2.87. The molecule has 0 aliphatic rings. The van der Waals surface area contributed by atoms with E-state index in [2.05, 4.69) is 34.9 Å². The topological polar surface area (TPSA) is 37.8 Å². The second-order valence-electron chi connectivity index (χ2n) is 4.99. The lowest BCUT2D eigenvalue weighted by atomic mass is 10.1. The van der Waals surface area contributed by atoms with Gasteiger partial charge in [0.25, 0.3) is 5.56 Å². The molecule has 0 saturated carbocycles. The van der Waals surface area contributed by atoms with E-state index in [1.54, 1.807) is 4.68 Å². The number of rotatable bonds is 4. The van der Waals surface area contributed by atoms with Gasteiger partial charge in [0.2, 0.25) is 0 Å². The summed E-state index contributed by atoms with van der Waals surface area (Å²) in [4.78, 5) is 12.1. The van der Waals surface area contributed by atoms with Crippen molar-refractivity contribution in [2.45, 2.75) is 26.8 Å². The number of hydrogen-bond donors (Lipinski definition) is 1. The molecular weight excluding hydrogens is 328 g/mol. The maximum Gasteiger partial charge on any atom is 0.281 e. The first-order valence-corrected chi connectivity index (χ1v) is 7.36. The van der Waals surface area contributed by atoms with Crippen LogP contribution >= 0.6 is 27.5 Å². The number of aromatic amines is 1. The quantitative estimate of drug-likeness (QED) is 0.900. The highest BCUT2D eigenvalue weighted by Crippen LogP contribution is 2.18. The predicted molar refractivity (Wildman–Crippen MR) is 81.8 cm³/mol. The molecule has 0 fully saturated rings. The minimum Gasteiger partial charge on any atom is -0.298 e. The highest BCUT2D eigenvalue weighted by Gasteiger charge is 2.13. The van der Waals surface area contributed by atoms with Gasteiger partial charge in [-0.3, -0.25) is 9.89 Å². The van der Waals surface area contributed by atoms with E-state index in [0.717, 1.165) is 17.7 Å². The normalized spacial score (nSPS) is 11.2. The number of benzene rings is 1. The van der Waals surface area contributed by atoms with E-state index in [1.807, 2.05) is 24.3 Å². The van der Waals surface area contributed by atoms with Gasteiger partial charge < -0.3 is 0 Å². The Kier molecular flexibility index (Phi) is 4.53. The minimum absolute atomic E-state index is 0.0458. The van der Waals surface area contributed by atoms with Crippen LogP contribution in [0.2, 0.25) is 5.02 Å². The average Bonchev–Trinajstić information content (AvgIpc) is 2.60. The fourth-order valence-corrected chi connectivity index (χ4v) is 2.62. The molecule has 2 rings (SSSR count). The number of halogens is 2. The van der Waals surface area contributed by atoms with Gasteiger partial charge in [0, 0.05) is 5.02 Å². The summed E-state index contributed by atoms with van der Waals surface area (Å²) in [6, 6.07) is 7.54. The molecule has 2 aromatic rings. The first-order valence-electron chi connectivity index (χ1n) is 6.19. The van der Waals surface area contributed by atoms with Crippen molar-refractivity contribution in [2.75, 3.05) is 0 Å². The van der Waals surface area contributed by atoms with Crippen molar-refractivity contribution in [1.29, 1.82) is 0 Å². The Morgan fingerprint density at radius 2 is 2.05 bits per heavy atom. The smallest absolute Gasteiger partial charge is 0.281 e. The Bertz CT molecular complexity index is 631. The summed E-state index contributed by atoms with van der Waals surface area (Å²) in [7, 11) is 0. The third-order valence-corrected chi connectivity index (χ3v) is 4.05. The van der Waals surface area contributed by atoms with Crippen LogP contribution in [0.15, 0.2) is 33.5 Å². The predicted octanol–water partition coefficient (Wildman–Crippen LogP) is 3.84. The average molecular weight is 344 g/mol. The summed E-state index contributed by atoms with van der Waals surface area (Å²) in [5.74, 6) is 0.489. The van der Waals surface area contributed by atoms with Crippen LogP contribution in [0.5, 0.6) is 0 Å². The Morgan fingerprint density at radius 3 is 2.68 bits per heavy atom. The van der Waals surface area contributed by atoms with Gasteiger partial charge in [0.1, 0.15) is 4.47 Å². The molecule has 0 spiro atoms. The first-order chi connectivity index (χ1) is 8.99. The van der Waals surface area contributed by atoms with Gasteiger partial charge in [-0.2, -0.15) is 0 Å². The lowest BCUT2D eigenvalue weighted by Crippen LogP contribution is -2.17. The van der Waals surface area contributed by atoms with Crippen molar-refractivity contribution in [3.05, 3.63) is 55.4 Å². The molecule has 19 heavy (non-hydrogen) atoms. The van der Waals surface area contributed by atoms with E-state index in [1.165, 1.54) is 0 Å². The molecule has 1 aromatic carbocycles. The van der Waals surface area contributed by atoms with Crippen molar-refractivity contribution >= 4 is 27.5 Å². The number of nitrogens with one attached hydrogen (secondary N) is 1. The molecule has 0 radical (unpaired) electrons. The molecule has 1 heterocycles. The summed E-state index contributed by atoms with van der Waals surface area (Å²) in [6.45, 7) is 4.70. The fourth-order valence-electron chi connectivity index (χ4n) is 1.96. The van der Waals surface area contributed by atoms with E-state index >= 15 is 0 Å². The van der Waals surface area contributed by atoms with E-state index in [-0.39, 0.29) is 5.56 Å². The Hall–Kier alpha value is -1.00. The summed E-state index contributed by atoms with van der Waals surface area (Å²) in [5, 5.41) is 3.83. The number of nitrogens with zero attached hydrogens (tertiary/aromatic N) is 1. The van der Waals surface area contributed by atoms with Crippen molar-refractivity contribution < 1.29 is 0 Å². The molecule has 0 aliphatic carbocycles. The van der Waals surface area contributed by atoms with Crippen LogP contribution in [0.3, 0.4) is 0 Å². The highest BCUT2D eigenvalue weighted by molar-refractivity contribution is 9.10. The van der Waals surface area contributed by atoms with Gasteiger partial charge in [-0.05, 0) is 39.9 Å². The zero-order valence-electron chi connectivity index (χ0n) is 10.9. The molecule has 0 amide bonds. The fraction of sp³-hybridized carbons (Fsp3) is 0.357. The van der Waals surface area contributed by atoms with Crippen LogP contribution in [0.1, 0.15) is 25.1 Å². The zero-order valence-corrected chi connectivity index (χ0v) is 13.3. The molecule has 0 unspecified atom stereocenters. The molecule has 0 saturated heterocycles. The van der Waals surface area contributed by atoms with Gasteiger partial charge in [-0.15, -0.1) is 0 Å². The summed E-state index contributed by atoms with van der Waals surface area (Å²) in [6.07, 6.45) is 0.839. The van der Waals surface area contributed by atoms with Gasteiger partial charge in [0.05, 0.1) is 12.2 Å². The molecule has 1 aromatic heterocycles. The second kappa shape index (κ2) is 5.97. The summed E-state index contributed by atoms with van der Waals surface area (Å²) >= 11 is 9.48. The van der Waals surface area contributed by atoms with Crippen LogP contribution in [0, 0.1) is 5.92 Å². The number of hydrogen-bond acceptors (Lipinski definition) is 1. The van der Waals surface area contributed by atoms with Crippen molar-refractivity contribution in [3.8, 4) is 0 Å². The van der Waals surface area contributed by atoms with Crippen molar-refractivity contribution in [1.82, 2.24) is 9.78 Å². The first kappa shape index (κ1) is 14.4. The van der Waals surface area contributed by atoms with Crippen LogP contribution in [-0.2, 0) is 13.0 Å². The Morgan fingerprint density at radius 1 is 1.37 bits per heavy atom. The maximum atomic E-state index is 12.1. The zero-order chi connectivity index (χ0) is 14.0. The third kappa shape index (κ3) is 3.31. The number of H-pyrrole nitrogens is 1. The van der Waals surface area contributed by atoms with Crippen LogP contribution in [0.4, 0.5) is 0 Å². The van der Waals surface area contributed by atoms with E-state index in [0.29, 0.717) is 22.0 Å². The van der Waals surface area contributed by atoms with Crippen LogP contribution < -0.4 is 5.56 Å². The second-order valence-corrected chi connectivity index (χ2v) is 6.19. The summed E-state index contributed by atoms with van der Waals surface area (Å²) in [5.41, 5.74) is 1.82. The number of aromatic nitrogens is 2. The lowest BCUT2D eigenvalue weighted by Gasteiger charge is -2.05. The molecule has 5 heteroatoms. The molecule has 0 atom stereocenters. The van der Waals surface area contributed by atoms with Gasteiger partial charge >= 0.3 is 0 Å². The monoisotopic (exact) mass is 342 g/mol. The molecule has 0 bridgehead atoms. The lowest BCUT2D eigenvalue weighted by molar-refractivity contribution is 0.602. The van der Waals surface area contributed by atoms with Gasteiger partial charge in [-0.1, -0.05) is 43.6 Å². The van der Waals surface area contributed by atoms with E-state index in [4.69, 9.17) is 11.6 Å². The van der Waals surface area contributed by atoms with E-state index < -0.39 is 0 Å². The maximum absolute atomic E-state index is 12.1. The standard InChI is InChI=1S/C14H16BrClN2O/c1-9(2)7-12-13(15)14(19)18(17-12)8-10-5-3-4-6-11(10)16/h3-6,9,17H,7-8H2,1-2H3. The van der Waals surface area contributed by atoms with Gasteiger partial charge in [0.15, 0.2) is 0 Å². The molecule has 1 N–H and O–H groups in total. The Balaban J connectivity index is 2.32. The Labute approximate surface area is 125 Å². The molecular formula is C14H16BrClN2O. The molecule has 102 valence electrons. The molecule has 3 nitrogen and oxygen atoms in total. The SMILES string of the molecule is CC(C)Cc1[nH]n(Cc2ccccc2Cl)c(=O)c1Br. The van der Waals surface area contributed by atoms with Crippen molar-refractivity contribution in [3.63, 3.8) is 0 Å². The van der Waals surface area contributed by atoms with Crippen molar-refractivity contribution in [2.24, 2.45) is 5.92 Å².